The Balaban J connectivity index is 1.37. The average Bonchev–Trinajstić information content (AvgIpc) is 3.36. The smallest absolute Gasteiger partial charge is 0.248 e. The zero-order chi connectivity index (χ0) is 25.0. The highest BCUT2D eigenvalue weighted by molar-refractivity contribution is 7.93. The van der Waals surface area contributed by atoms with Gasteiger partial charge in [0, 0.05) is 18.3 Å². The molecule has 1 aromatic heterocycles. The quantitative estimate of drug-likeness (QED) is 0.467. The molecule has 1 saturated heterocycles. The number of sulfonamides is 1. The van der Waals surface area contributed by atoms with E-state index in [4.69, 9.17) is 14.0 Å². The number of carbonyl (C=O) groups excluding carboxylic acids is 1. The lowest BCUT2D eigenvalue weighted by Crippen LogP contribution is -2.24. The van der Waals surface area contributed by atoms with Crippen LogP contribution < -0.4 is 19.1 Å². The number of aromatic nitrogens is 1. The molecule has 0 atom stereocenters. The van der Waals surface area contributed by atoms with Gasteiger partial charge >= 0.3 is 0 Å². The van der Waals surface area contributed by atoms with Crippen LogP contribution in [0.2, 0.25) is 0 Å². The van der Waals surface area contributed by atoms with E-state index in [0.29, 0.717) is 48.2 Å². The van der Waals surface area contributed by atoms with Crippen molar-refractivity contribution in [1.82, 2.24) is 5.16 Å². The van der Waals surface area contributed by atoms with Crippen molar-refractivity contribution in [2.45, 2.75) is 26.9 Å². The number of nitrogens with one attached hydrogen (secondary N) is 1. The van der Waals surface area contributed by atoms with Crippen LogP contribution in [0.5, 0.6) is 11.5 Å². The van der Waals surface area contributed by atoms with Crippen LogP contribution in [0.3, 0.4) is 0 Å². The van der Waals surface area contributed by atoms with Crippen molar-refractivity contribution in [1.29, 1.82) is 0 Å². The molecule has 1 fully saturated rings. The van der Waals surface area contributed by atoms with Gasteiger partial charge in [-0.05, 0) is 68.3 Å². The number of benzene rings is 2. The van der Waals surface area contributed by atoms with Crippen LogP contribution in [0.4, 0.5) is 11.4 Å². The first-order chi connectivity index (χ1) is 16.8. The molecule has 1 N–H and O–H groups in total. The van der Waals surface area contributed by atoms with Crippen molar-refractivity contribution >= 4 is 33.4 Å². The van der Waals surface area contributed by atoms with Crippen LogP contribution in [-0.2, 0) is 21.4 Å². The highest BCUT2D eigenvalue weighted by atomic mass is 32.2. The van der Waals surface area contributed by atoms with Gasteiger partial charge < -0.3 is 19.3 Å². The Kier molecular flexibility index (Phi) is 7.11. The largest absolute Gasteiger partial charge is 0.493 e. The van der Waals surface area contributed by atoms with E-state index in [0.717, 1.165) is 16.8 Å². The van der Waals surface area contributed by atoms with Gasteiger partial charge in [0.2, 0.25) is 15.9 Å². The second-order valence-corrected chi connectivity index (χ2v) is 10.1. The van der Waals surface area contributed by atoms with Crippen LogP contribution in [0.25, 0.3) is 6.08 Å². The Hall–Kier alpha value is -3.79. The van der Waals surface area contributed by atoms with Crippen molar-refractivity contribution in [3.05, 3.63) is 71.1 Å². The van der Waals surface area contributed by atoms with Gasteiger partial charge in [0.15, 0.2) is 11.5 Å². The van der Waals surface area contributed by atoms with Crippen LogP contribution in [0.15, 0.2) is 53.1 Å². The molecule has 2 heterocycles. The lowest BCUT2D eigenvalue weighted by Gasteiger charge is -2.17. The number of carbonyl (C=O) groups is 1. The predicted molar refractivity (Wildman–Crippen MR) is 133 cm³/mol. The number of nitrogens with zero attached hydrogens (tertiary/aromatic N) is 2. The third-order valence-electron chi connectivity index (χ3n) is 5.69. The Morgan fingerprint density at radius 3 is 2.57 bits per heavy atom. The Bertz CT molecular complexity index is 1330. The van der Waals surface area contributed by atoms with E-state index in [2.05, 4.69) is 10.5 Å². The third kappa shape index (κ3) is 5.65. The molecule has 184 valence electrons. The predicted octanol–water partition coefficient (Wildman–Crippen LogP) is 4.07. The number of hydrogen-bond donors (Lipinski definition) is 1. The van der Waals surface area contributed by atoms with E-state index < -0.39 is 10.0 Å². The highest BCUT2D eigenvalue weighted by Crippen LogP contribution is 2.30. The fourth-order valence-electron chi connectivity index (χ4n) is 3.76. The molecule has 3 aromatic rings. The molecule has 2 aromatic carbocycles. The van der Waals surface area contributed by atoms with E-state index in [-0.39, 0.29) is 11.7 Å². The summed E-state index contributed by atoms with van der Waals surface area (Å²) in [5.74, 6) is 1.66. The summed E-state index contributed by atoms with van der Waals surface area (Å²) in [5, 5.41) is 6.70. The van der Waals surface area contributed by atoms with Crippen molar-refractivity contribution in [2.24, 2.45) is 0 Å². The molecule has 4 rings (SSSR count). The summed E-state index contributed by atoms with van der Waals surface area (Å²) in [4.78, 5) is 12.4. The number of rotatable bonds is 8. The number of methoxy groups -OCH3 is 1. The summed E-state index contributed by atoms with van der Waals surface area (Å²) < 4.78 is 42.0. The maximum absolute atomic E-state index is 12.4. The normalized spacial score (nSPS) is 14.9. The van der Waals surface area contributed by atoms with E-state index >= 15 is 0 Å². The minimum atomic E-state index is -3.23. The SMILES string of the molecule is COc1cc(/C=C/C(=O)Nc2ccc(N3CCCS3(=O)=O)cc2)ccc1OCc1c(C)noc1C. The second kappa shape index (κ2) is 10.2. The molecule has 0 radical (unpaired) electrons. The molecule has 35 heavy (non-hydrogen) atoms. The molecule has 0 bridgehead atoms. The van der Waals surface area contributed by atoms with Crippen LogP contribution in [-0.4, -0.2) is 38.9 Å². The second-order valence-electron chi connectivity index (χ2n) is 8.11. The number of ether oxygens (including phenoxy) is 2. The molecule has 1 amide bonds. The van der Waals surface area contributed by atoms with Crippen molar-refractivity contribution < 1.29 is 27.2 Å². The summed E-state index contributed by atoms with van der Waals surface area (Å²) >= 11 is 0. The van der Waals surface area contributed by atoms with Gasteiger partial charge in [0.05, 0.1) is 29.8 Å². The molecule has 0 saturated carbocycles. The number of hydrogen-bond acceptors (Lipinski definition) is 7. The van der Waals surface area contributed by atoms with Crippen molar-refractivity contribution in [3.63, 3.8) is 0 Å². The van der Waals surface area contributed by atoms with Gasteiger partial charge in [0.1, 0.15) is 12.4 Å². The van der Waals surface area contributed by atoms with Gasteiger partial charge in [-0.3, -0.25) is 9.10 Å². The number of aryl methyl sites for hydroxylation is 2. The van der Waals surface area contributed by atoms with E-state index in [1.54, 1.807) is 49.6 Å². The fourth-order valence-corrected chi connectivity index (χ4v) is 5.33. The van der Waals surface area contributed by atoms with E-state index in [9.17, 15) is 13.2 Å². The minimum absolute atomic E-state index is 0.162. The van der Waals surface area contributed by atoms with Gasteiger partial charge in [-0.2, -0.15) is 0 Å². The molecule has 1 aliphatic heterocycles. The minimum Gasteiger partial charge on any atom is -0.493 e. The standard InChI is InChI=1S/C25H27N3O6S/c1-17-22(18(2)34-27-17)16-33-23-11-5-19(15-24(23)32-3)6-12-25(29)26-20-7-9-21(10-8-20)28-13-4-14-35(28,30)31/h5-12,15H,4,13-14,16H2,1-3H3,(H,26,29)/b12-6+. The topological polar surface area (TPSA) is 111 Å². The molecular formula is C25H27N3O6S. The zero-order valence-electron chi connectivity index (χ0n) is 19.8. The number of anilines is 2. The van der Waals surface area contributed by atoms with Crippen LogP contribution >= 0.6 is 0 Å². The Morgan fingerprint density at radius 1 is 1.17 bits per heavy atom. The maximum Gasteiger partial charge on any atom is 0.248 e. The molecule has 0 unspecified atom stereocenters. The summed E-state index contributed by atoms with van der Waals surface area (Å²) in [6.07, 6.45) is 3.70. The third-order valence-corrected chi connectivity index (χ3v) is 7.56. The molecule has 0 aliphatic carbocycles. The first-order valence-electron chi connectivity index (χ1n) is 11.1. The first kappa shape index (κ1) is 24.3. The molecule has 9 nitrogen and oxygen atoms in total. The van der Waals surface area contributed by atoms with E-state index in [1.807, 2.05) is 19.9 Å². The molecular weight excluding hydrogens is 470 g/mol. The summed E-state index contributed by atoms with van der Waals surface area (Å²) in [6.45, 7) is 4.47. The average molecular weight is 498 g/mol. The van der Waals surface area contributed by atoms with Gasteiger partial charge in [-0.1, -0.05) is 11.2 Å². The number of amides is 1. The Labute approximate surface area is 204 Å². The summed E-state index contributed by atoms with van der Waals surface area (Å²) in [6, 6.07) is 12.1. The van der Waals surface area contributed by atoms with Gasteiger partial charge in [-0.15, -0.1) is 0 Å². The van der Waals surface area contributed by atoms with Crippen molar-refractivity contribution in [3.8, 4) is 11.5 Å². The molecule has 0 spiro atoms. The zero-order valence-corrected chi connectivity index (χ0v) is 20.6. The van der Waals surface area contributed by atoms with Crippen molar-refractivity contribution in [2.75, 3.05) is 29.0 Å². The lowest BCUT2D eigenvalue weighted by molar-refractivity contribution is -0.111. The highest BCUT2D eigenvalue weighted by Gasteiger charge is 2.28. The molecule has 10 heteroatoms. The van der Waals surface area contributed by atoms with Crippen LogP contribution in [0.1, 0.15) is 29.0 Å². The summed E-state index contributed by atoms with van der Waals surface area (Å²) in [7, 11) is -1.68. The Morgan fingerprint density at radius 2 is 1.94 bits per heavy atom. The van der Waals surface area contributed by atoms with Gasteiger partial charge in [0.25, 0.3) is 0 Å². The maximum atomic E-state index is 12.4. The molecule has 1 aliphatic rings. The first-order valence-corrected chi connectivity index (χ1v) is 12.7. The van der Waals surface area contributed by atoms with Crippen LogP contribution in [0, 0.1) is 13.8 Å². The summed E-state index contributed by atoms with van der Waals surface area (Å²) in [5.41, 5.74) is 3.60. The fraction of sp³-hybridized carbons (Fsp3) is 0.280. The monoisotopic (exact) mass is 497 g/mol. The van der Waals surface area contributed by atoms with E-state index in [1.165, 1.54) is 10.4 Å². The van der Waals surface area contributed by atoms with Gasteiger partial charge in [-0.25, -0.2) is 8.42 Å². The lowest BCUT2D eigenvalue weighted by atomic mass is 10.1.